The van der Waals surface area contributed by atoms with Gasteiger partial charge in [0.25, 0.3) is 0 Å². The van der Waals surface area contributed by atoms with Crippen molar-refractivity contribution in [3.63, 3.8) is 0 Å². The third kappa shape index (κ3) is 3.05. The molecule has 2 nitrogen and oxygen atoms in total. The summed E-state index contributed by atoms with van der Waals surface area (Å²) in [6, 6.07) is 8.43. The van der Waals surface area contributed by atoms with Crippen LogP contribution in [0.25, 0.3) is 0 Å². The topological polar surface area (TPSA) is 35.2 Å². The number of rotatable bonds is 4. The van der Waals surface area contributed by atoms with E-state index >= 15 is 0 Å². The predicted octanol–water partition coefficient (Wildman–Crippen LogP) is 3.83. The molecule has 2 N–H and O–H groups in total. The molecule has 0 aliphatic rings. The molecule has 6 heteroatoms. The van der Waals surface area contributed by atoms with Crippen LogP contribution in [0.2, 0.25) is 5.02 Å². The van der Waals surface area contributed by atoms with Gasteiger partial charge in [-0.1, -0.05) is 36.0 Å². The number of nitrogens with two attached hydrogens (primary N) is 1. The van der Waals surface area contributed by atoms with Crippen LogP contribution >= 0.6 is 23.8 Å². The normalized spacial score (nSPS) is 10.3. The summed E-state index contributed by atoms with van der Waals surface area (Å²) in [5, 5.41) is 0.323. The van der Waals surface area contributed by atoms with Gasteiger partial charge in [-0.3, -0.25) is 0 Å². The van der Waals surface area contributed by atoms with Gasteiger partial charge in [-0.25, -0.2) is 8.78 Å². The maximum absolute atomic E-state index is 13.5. The number of halogens is 3. The van der Waals surface area contributed by atoms with Crippen molar-refractivity contribution >= 4 is 28.8 Å². The molecule has 0 bridgehead atoms. The maximum atomic E-state index is 13.5. The number of hydrogen-bond donors (Lipinski definition) is 1. The Morgan fingerprint density at radius 3 is 2.35 bits per heavy atom. The quantitative estimate of drug-likeness (QED) is 0.871. The lowest BCUT2D eigenvalue weighted by molar-refractivity contribution is 0.292. The van der Waals surface area contributed by atoms with Gasteiger partial charge in [0, 0.05) is 0 Å². The summed E-state index contributed by atoms with van der Waals surface area (Å²) in [6.45, 7) is -0.283. The van der Waals surface area contributed by atoms with Gasteiger partial charge >= 0.3 is 0 Å². The van der Waals surface area contributed by atoms with Crippen molar-refractivity contribution in [3.8, 4) is 5.75 Å². The average molecular weight is 314 g/mol. The Hall–Kier alpha value is -1.72. The molecule has 0 saturated carbocycles. The first kappa shape index (κ1) is 14.7. The first-order valence-electron chi connectivity index (χ1n) is 5.64. The molecule has 0 radical (unpaired) electrons. The minimum atomic E-state index is -0.677. The van der Waals surface area contributed by atoms with E-state index in [4.69, 9.17) is 34.3 Å². The van der Waals surface area contributed by atoms with E-state index in [0.717, 1.165) is 12.1 Å². The van der Waals surface area contributed by atoms with Gasteiger partial charge in [-0.15, -0.1) is 0 Å². The molecule has 104 valence electrons. The maximum Gasteiger partial charge on any atom is 0.132 e. The van der Waals surface area contributed by atoms with Crippen molar-refractivity contribution in [1.29, 1.82) is 0 Å². The molecule has 0 atom stereocenters. The van der Waals surface area contributed by atoms with Gasteiger partial charge in [-0.05, 0) is 24.3 Å². The van der Waals surface area contributed by atoms with Crippen molar-refractivity contribution in [2.75, 3.05) is 0 Å². The van der Waals surface area contributed by atoms with Crippen LogP contribution in [0.5, 0.6) is 5.75 Å². The Kier molecular flexibility index (Phi) is 4.52. The highest BCUT2D eigenvalue weighted by atomic mass is 35.5. The van der Waals surface area contributed by atoms with E-state index < -0.39 is 11.6 Å². The van der Waals surface area contributed by atoms with Crippen LogP contribution in [0.4, 0.5) is 8.78 Å². The van der Waals surface area contributed by atoms with Gasteiger partial charge in [-0.2, -0.15) is 0 Å². The lowest BCUT2D eigenvalue weighted by Gasteiger charge is -2.12. The zero-order valence-electron chi connectivity index (χ0n) is 10.2. The van der Waals surface area contributed by atoms with Crippen molar-refractivity contribution in [2.24, 2.45) is 5.73 Å². The second kappa shape index (κ2) is 6.15. The van der Waals surface area contributed by atoms with Gasteiger partial charge in [0.2, 0.25) is 0 Å². The lowest BCUT2D eigenvalue weighted by Crippen LogP contribution is -2.13. The zero-order valence-corrected chi connectivity index (χ0v) is 11.8. The minimum Gasteiger partial charge on any atom is -0.488 e. The fourth-order valence-electron chi connectivity index (χ4n) is 1.68. The molecule has 0 fully saturated rings. The Morgan fingerprint density at radius 1 is 1.15 bits per heavy atom. The van der Waals surface area contributed by atoms with Crippen molar-refractivity contribution in [3.05, 3.63) is 64.2 Å². The van der Waals surface area contributed by atoms with Crippen LogP contribution in [0.15, 0.2) is 36.4 Å². The van der Waals surface area contributed by atoms with Gasteiger partial charge < -0.3 is 10.5 Å². The number of benzene rings is 2. The minimum absolute atomic E-state index is 0.0552. The molecule has 2 aromatic carbocycles. The number of thiocarbonyl (C=S) groups is 1. The molecule has 2 aromatic rings. The molecule has 0 heterocycles. The SMILES string of the molecule is NC(=S)c1c(Cl)cccc1OCc1c(F)cccc1F. The Bertz CT molecular complexity index is 643. The second-order valence-electron chi connectivity index (χ2n) is 3.97. The summed E-state index contributed by atoms with van der Waals surface area (Å²) >= 11 is 10.9. The largest absolute Gasteiger partial charge is 0.488 e. The van der Waals surface area contributed by atoms with Crippen molar-refractivity contribution in [1.82, 2.24) is 0 Å². The Labute approximate surface area is 125 Å². The highest BCUT2D eigenvalue weighted by Gasteiger charge is 2.13. The Morgan fingerprint density at radius 2 is 1.75 bits per heavy atom. The van der Waals surface area contributed by atoms with E-state index in [1.165, 1.54) is 6.07 Å². The number of ether oxygens (including phenoxy) is 1. The van der Waals surface area contributed by atoms with Crippen molar-refractivity contribution < 1.29 is 13.5 Å². The van der Waals surface area contributed by atoms with Crippen LogP contribution in [0, 0.1) is 11.6 Å². The molecule has 0 aromatic heterocycles. The van der Waals surface area contributed by atoms with Gasteiger partial charge in [0.15, 0.2) is 0 Å². The summed E-state index contributed by atoms with van der Waals surface area (Å²) < 4.78 is 32.4. The third-order valence-corrected chi connectivity index (χ3v) is 3.17. The van der Waals surface area contributed by atoms with Crippen LogP contribution in [-0.2, 0) is 6.61 Å². The molecule has 0 unspecified atom stereocenters. The van der Waals surface area contributed by atoms with Crippen LogP contribution < -0.4 is 10.5 Å². The molecular weight excluding hydrogens is 304 g/mol. The highest BCUT2D eigenvalue weighted by Crippen LogP contribution is 2.27. The molecule has 0 spiro atoms. The predicted molar refractivity (Wildman–Crippen MR) is 78.0 cm³/mol. The molecule has 0 saturated heterocycles. The molecular formula is C14H10ClF2NOS. The summed E-state index contributed by atoms with van der Waals surface area (Å²) in [7, 11) is 0. The van der Waals surface area contributed by atoms with Gasteiger partial charge in [0.05, 0.1) is 16.1 Å². The smallest absolute Gasteiger partial charge is 0.132 e. The summed E-state index contributed by atoms with van der Waals surface area (Å²) in [5.41, 5.74) is 5.75. The highest BCUT2D eigenvalue weighted by molar-refractivity contribution is 7.80. The van der Waals surface area contributed by atoms with Crippen molar-refractivity contribution in [2.45, 2.75) is 6.61 Å². The summed E-state index contributed by atoms with van der Waals surface area (Å²) in [6.07, 6.45) is 0. The summed E-state index contributed by atoms with van der Waals surface area (Å²) in [4.78, 5) is 0.0552. The van der Waals surface area contributed by atoms with Crippen LogP contribution in [-0.4, -0.2) is 4.99 Å². The fourth-order valence-corrected chi connectivity index (χ4v) is 2.22. The number of hydrogen-bond acceptors (Lipinski definition) is 2. The van der Waals surface area contributed by atoms with E-state index in [1.54, 1.807) is 18.2 Å². The summed E-state index contributed by atoms with van der Waals surface area (Å²) in [5.74, 6) is -1.07. The molecule has 2 rings (SSSR count). The van der Waals surface area contributed by atoms with E-state index in [9.17, 15) is 8.78 Å². The zero-order chi connectivity index (χ0) is 14.7. The third-order valence-electron chi connectivity index (χ3n) is 2.66. The average Bonchev–Trinajstić information content (AvgIpc) is 2.37. The van der Waals surface area contributed by atoms with Crippen LogP contribution in [0.1, 0.15) is 11.1 Å². The van der Waals surface area contributed by atoms with E-state index in [2.05, 4.69) is 0 Å². The van der Waals surface area contributed by atoms with Crippen LogP contribution in [0.3, 0.4) is 0 Å². The van der Waals surface area contributed by atoms with E-state index in [1.807, 2.05) is 0 Å². The molecule has 0 aliphatic carbocycles. The first-order chi connectivity index (χ1) is 9.50. The monoisotopic (exact) mass is 313 g/mol. The fraction of sp³-hybridized carbons (Fsp3) is 0.0714. The molecule has 0 aliphatic heterocycles. The molecule has 20 heavy (non-hydrogen) atoms. The Balaban J connectivity index is 2.28. The first-order valence-corrected chi connectivity index (χ1v) is 6.43. The lowest BCUT2D eigenvalue weighted by atomic mass is 10.2. The standard InChI is InChI=1S/C14H10ClF2NOS/c15-9-3-1-6-12(13(9)14(18)20)19-7-8-10(16)4-2-5-11(8)17/h1-6H,7H2,(H2,18,20). The van der Waals surface area contributed by atoms with E-state index in [0.29, 0.717) is 10.6 Å². The van der Waals surface area contributed by atoms with E-state index in [-0.39, 0.29) is 22.9 Å². The second-order valence-corrected chi connectivity index (χ2v) is 4.81. The van der Waals surface area contributed by atoms with Gasteiger partial charge in [0.1, 0.15) is 29.0 Å². The molecule has 0 amide bonds.